The summed E-state index contributed by atoms with van der Waals surface area (Å²) >= 11 is 1.51. The van der Waals surface area contributed by atoms with Crippen molar-refractivity contribution in [1.82, 2.24) is 20.0 Å². The van der Waals surface area contributed by atoms with Crippen LogP contribution in [0.5, 0.6) is 0 Å². The number of carbonyl (C=O) groups is 1. The zero-order valence-corrected chi connectivity index (χ0v) is 13.0. The maximum Gasteiger partial charge on any atom is 0.275 e. The van der Waals surface area contributed by atoms with Gasteiger partial charge in [-0.3, -0.25) is 4.79 Å². The summed E-state index contributed by atoms with van der Waals surface area (Å²) < 4.78 is 1.66. The maximum absolute atomic E-state index is 12.3. The molecule has 22 heavy (non-hydrogen) atoms. The van der Waals surface area contributed by atoms with Gasteiger partial charge in [0.2, 0.25) is 0 Å². The van der Waals surface area contributed by atoms with Crippen LogP contribution >= 0.6 is 11.3 Å². The molecule has 1 N–H and O–H groups in total. The van der Waals surface area contributed by atoms with Crippen molar-refractivity contribution in [3.05, 3.63) is 52.7 Å². The van der Waals surface area contributed by atoms with Gasteiger partial charge in [0.25, 0.3) is 5.91 Å². The summed E-state index contributed by atoms with van der Waals surface area (Å²) in [5.74, 6) is 0.0985. The fourth-order valence-electron chi connectivity index (χ4n) is 2.07. The van der Waals surface area contributed by atoms with Crippen LogP contribution in [0.2, 0.25) is 0 Å². The van der Waals surface area contributed by atoms with E-state index in [0.717, 1.165) is 16.3 Å². The van der Waals surface area contributed by atoms with Gasteiger partial charge in [0.15, 0.2) is 0 Å². The average molecular weight is 313 g/mol. The lowest BCUT2D eigenvalue weighted by Crippen LogP contribution is -2.14. The molecule has 3 rings (SSSR count). The van der Waals surface area contributed by atoms with Gasteiger partial charge in [0, 0.05) is 10.6 Å². The first-order valence-electron chi connectivity index (χ1n) is 6.86. The summed E-state index contributed by atoms with van der Waals surface area (Å²) in [6.45, 7) is 4.11. The summed E-state index contributed by atoms with van der Waals surface area (Å²) in [6.07, 6.45) is 3.38. The molecule has 2 heterocycles. The Balaban J connectivity index is 1.75. The number of thiazole rings is 1. The molecule has 0 fully saturated rings. The summed E-state index contributed by atoms with van der Waals surface area (Å²) in [6, 6.07) is 7.40. The molecule has 7 heteroatoms. The number of aromatic nitrogens is 4. The van der Waals surface area contributed by atoms with E-state index in [1.807, 2.05) is 24.3 Å². The first kappa shape index (κ1) is 14.4. The highest BCUT2D eigenvalue weighted by Crippen LogP contribution is 2.24. The minimum Gasteiger partial charge on any atom is -0.321 e. The van der Waals surface area contributed by atoms with Crippen molar-refractivity contribution in [2.75, 3.05) is 5.32 Å². The molecule has 1 amide bonds. The Morgan fingerprint density at radius 2 is 2.05 bits per heavy atom. The molecule has 0 aliphatic rings. The number of amides is 1. The molecule has 112 valence electrons. The zero-order valence-electron chi connectivity index (χ0n) is 12.2. The van der Waals surface area contributed by atoms with E-state index in [-0.39, 0.29) is 11.8 Å². The predicted molar refractivity (Wildman–Crippen MR) is 85.5 cm³/mol. The van der Waals surface area contributed by atoms with Crippen molar-refractivity contribution < 1.29 is 4.79 Å². The second kappa shape index (κ2) is 6.07. The Bertz CT molecular complexity index is 762. The number of anilines is 1. The van der Waals surface area contributed by atoms with Crippen molar-refractivity contribution >= 4 is 22.9 Å². The lowest BCUT2D eigenvalue weighted by Gasteiger charge is -2.08. The van der Waals surface area contributed by atoms with Crippen molar-refractivity contribution in [2.45, 2.75) is 19.8 Å². The molecule has 0 aliphatic heterocycles. The topological polar surface area (TPSA) is 72.7 Å². The molecule has 0 spiro atoms. The van der Waals surface area contributed by atoms with E-state index < -0.39 is 0 Å². The lowest BCUT2D eigenvalue weighted by molar-refractivity contribution is 0.102. The van der Waals surface area contributed by atoms with Gasteiger partial charge in [0.1, 0.15) is 5.69 Å². The fourth-order valence-corrected chi connectivity index (χ4v) is 2.87. The Morgan fingerprint density at radius 1 is 1.27 bits per heavy atom. The monoisotopic (exact) mass is 313 g/mol. The van der Waals surface area contributed by atoms with Crippen molar-refractivity contribution in [2.24, 2.45) is 0 Å². The molecule has 0 saturated heterocycles. The molecule has 0 aliphatic carbocycles. The van der Waals surface area contributed by atoms with Crippen LogP contribution in [-0.4, -0.2) is 25.9 Å². The number of nitrogens with one attached hydrogen (secondary N) is 1. The number of hydrogen-bond donors (Lipinski definition) is 1. The maximum atomic E-state index is 12.3. The summed E-state index contributed by atoms with van der Waals surface area (Å²) in [5.41, 5.74) is 3.81. The van der Waals surface area contributed by atoms with Crippen molar-refractivity contribution in [3.8, 4) is 5.69 Å². The number of rotatable bonds is 4. The van der Waals surface area contributed by atoms with E-state index in [2.05, 4.69) is 34.5 Å². The highest BCUT2D eigenvalue weighted by atomic mass is 32.1. The molecule has 0 radical (unpaired) electrons. The fraction of sp³-hybridized carbons (Fsp3) is 0.200. The van der Waals surface area contributed by atoms with Crippen molar-refractivity contribution in [1.29, 1.82) is 0 Å². The van der Waals surface area contributed by atoms with E-state index in [4.69, 9.17) is 0 Å². The van der Waals surface area contributed by atoms with Crippen LogP contribution in [0.15, 0.2) is 42.2 Å². The third-order valence-corrected chi connectivity index (χ3v) is 4.28. The second-order valence-electron chi connectivity index (χ2n) is 5.07. The van der Waals surface area contributed by atoms with Gasteiger partial charge in [-0.2, -0.15) is 0 Å². The molecule has 0 bridgehead atoms. The number of carbonyl (C=O) groups excluding carboxylic acids is 1. The molecule has 3 aromatic rings. The molecule has 6 nitrogen and oxygen atoms in total. The lowest BCUT2D eigenvalue weighted by atomic mass is 10.1. The van der Waals surface area contributed by atoms with Crippen LogP contribution in [0.25, 0.3) is 5.69 Å². The third-order valence-electron chi connectivity index (χ3n) is 3.15. The minimum atomic E-state index is -0.182. The van der Waals surface area contributed by atoms with Gasteiger partial charge in [-0.1, -0.05) is 19.1 Å². The SMILES string of the molecule is CC(C)c1scnc1C(=O)Nc1ccc(-n2ccnn2)cc1. The van der Waals surface area contributed by atoms with E-state index >= 15 is 0 Å². The Hall–Kier alpha value is -2.54. The van der Waals surface area contributed by atoms with Gasteiger partial charge in [-0.15, -0.1) is 16.4 Å². The number of benzene rings is 1. The number of nitrogens with zero attached hydrogens (tertiary/aromatic N) is 4. The van der Waals surface area contributed by atoms with E-state index in [9.17, 15) is 4.79 Å². The van der Waals surface area contributed by atoms with Crippen LogP contribution in [0.3, 0.4) is 0 Å². The highest BCUT2D eigenvalue weighted by molar-refractivity contribution is 7.10. The molecule has 0 saturated carbocycles. The van der Waals surface area contributed by atoms with Crippen molar-refractivity contribution in [3.63, 3.8) is 0 Å². The average Bonchev–Trinajstić information content (AvgIpc) is 3.19. The molecule has 2 aromatic heterocycles. The van der Waals surface area contributed by atoms with E-state index in [1.54, 1.807) is 22.6 Å². The molecule has 0 atom stereocenters. The number of hydrogen-bond acceptors (Lipinski definition) is 5. The van der Waals surface area contributed by atoms with Crippen LogP contribution < -0.4 is 5.32 Å². The molecule has 0 unspecified atom stereocenters. The summed E-state index contributed by atoms with van der Waals surface area (Å²) in [4.78, 5) is 17.5. The van der Waals surface area contributed by atoms with Crippen LogP contribution in [0.4, 0.5) is 5.69 Å². The van der Waals surface area contributed by atoms with Gasteiger partial charge < -0.3 is 5.32 Å². The molecular weight excluding hydrogens is 298 g/mol. The van der Waals surface area contributed by atoms with Gasteiger partial charge in [-0.25, -0.2) is 9.67 Å². The molecular formula is C15H15N5OS. The van der Waals surface area contributed by atoms with E-state index in [0.29, 0.717) is 5.69 Å². The highest BCUT2D eigenvalue weighted by Gasteiger charge is 2.17. The van der Waals surface area contributed by atoms with Crippen LogP contribution in [-0.2, 0) is 0 Å². The third kappa shape index (κ3) is 2.89. The normalized spacial score (nSPS) is 10.9. The molecule has 1 aromatic carbocycles. The second-order valence-corrected chi connectivity index (χ2v) is 5.95. The van der Waals surface area contributed by atoms with Gasteiger partial charge in [-0.05, 0) is 30.2 Å². The summed E-state index contributed by atoms with van der Waals surface area (Å²) in [5, 5.41) is 10.6. The Morgan fingerprint density at radius 3 is 2.68 bits per heavy atom. The minimum absolute atomic E-state index is 0.182. The van der Waals surface area contributed by atoms with Crippen LogP contribution in [0.1, 0.15) is 35.1 Å². The Labute approximate surface area is 131 Å². The first-order valence-corrected chi connectivity index (χ1v) is 7.74. The van der Waals surface area contributed by atoms with Crippen LogP contribution in [0, 0.1) is 0 Å². The van der Waals surface area contributed by atoms with E-state index in [1.165, 1.54) is 11.3 Å². The smallest absolute Gasteiger partial charge is 0.275 e. The predicted octanol–water partition coefficient (Wildman–Crippen LogP) is 3.10. The Kier molecular flexibility index (Phi) is 3.97. The quantitative estimate of drug-likeness (QED) is 0.803. The summed E-state index contributed by atoms with van der Waals surface area (Å²) in [7, 11) is 0. The zero-order chi connectivity index (χ0) is 15.5. The largest absolute Gasteiger partial charge is 0.321 e. The van der Waals surface area contributed by atoms with Gasteiger partial charge in [0.05, 0.1) is 23.6 Å². The standard InChI is InChI=1S/C15H15N5OS/c1-10(2)14-13(16-9-22-14)15(21)18-11-3-5-12(6-4-11)20-8-7-17-19-20/h3-10H,1-2H3,(H,18,21). The first-order chi connectivity index (χ1) is 10.6. The van der Waals surface area contributed by atoms with Gasteiger partial charge >= 0.3 is 0 Å².